The molecule has 1 aromatic rings. The maximum atomic E-state index is 6.10. The van der Waals surface area contributed by atoms with Gasteiger partial charge in [0.05, 0.1) is 11.4 Å². The highest BCUT2D eigenvalue weighted by Crippen LogP contribution is 2.27. The standard InChI is InChI=1S/C11H18ClN3/c1-6(2)8-10(12)14-9(7(3)4)11(13-5)15-8/h6-7H,1-5H3,(H,13,15). The molecule has 0 fully saturated rings. The predicted octanol–water partition coefficient (Wildman–Crippen LogP) is 3.42. The number of aromatic nitrogens is 2. The Labute approximate surface area is 96.3 Å². The van der Waals surface area contributed by atoms with E-state index < -0.39 is 0 Å². The Morgan fingerprint density at radius 3 is 1.93 bits per heavy atom. The highest BCUT2D eigenvalue weighted by molar-refractivity contribution is 6.30. The Bertz CT molecular complexity index is 348. The zero-order valence-corrected chi connectivity index (χ0v) is 10.7. The van der Waals surface area contributed by atoms with Crippen molar-refractivity contribution in [2.45, 2.75) is 39.5 Å². The van der Waals surface area contributed by atoms with Crippen molar-refractivity contribution in [1.29, 1.82) is 0 Å². The van der Waals surface area contributed by atoms with Crippen molar-refractivity contribution in [2.24, 2.45) is 0 Å². The summed E-state index contributed by atoms with van der Waals surface area (Å²) in [6.07, 6.45) is 0. The molecule has 0 aliphatic rings. The largest absolute Gasteiger partial charge is 0.372 e. The molecule has 1 N–H and O–H groups in total. The van der Waals surface area contributed by atoms with Crippen LogP contribution in [0, 0.1) is 0 Å². The molecule has 0 atom stereocenters. The van der Waals surface area contributed by atoms with Crippen molar-refractivity contribution in [2.75, 3.05) is 12.4 Å². The molecule has 0 aliphatic carbocycles. The van der Waals surface area contributed by atoms with Crippen LogP contribution in [0.25, 0.3) is 0 Å². The van der Waals surface area contributed by atoms with Crippen molar-refractivity contribution in [3.8, 4) is 0 Å². The second-order valence-corrected chi connectivity index (χ2v) is 4.55. The van der Waals surface area contributed by atoms with Crippen molar-refractivity contribution in [3.63, 3.8) is 0 Å². The minimum Gasteiger partial charge on any atom is -0.372 e. The van der Waals surface area contributed by atoms with Crippen LogP contribution in [0.4, 0.5) is 5.82 Å². The lowest BCUT2D eigenvalue weighted by Gasteiger charge is -2.14. The molecule has 0 spiro atoms. The number of rotatable bonds is 3. The molecule has 4 heteroatoms. The van der Waals surface area contributed by atoms with Gasteiger partial charge in [0.25, 0.3) is 0 Å². The third-order valence-electron chi connectivity index (χ3n) is 2.24. The van der Waals surface area contributed by atoms with E-state index in [0.29, 0.717) is 17.0 Å². The van der Waals surface area contributed by atoms with Gasteiger partial charge in [-0.05, 0) is 11.8 Å². The lowest BCUT2D eigenvalue weighted by Crippen LogP contribution is -2.08. The van der Waals surface area contributed by atoms with Gasteiger partial charge in [0.1, 0.15) is 5.82 Å². The second-order valence-electron chi connectivity index (χ2n) is 4.19. The molecular formula is C11H18ClN3. The molecule has 0 saturated heterocycles. The van der Waals surface area contributed by atoms with Crippen LogP contribution < -0.4 is 5.32 Å². The van der Waals surface area contributed by atoms with Gasteiger partial charge in [-0.25, -0.2) is 9.97 Å². The Balaban J connectivity index is 3.29. The molecule has 15 heavy (non-hydrogen) atoms. The first-order valence-corrected chi connectivity index (χ1v) is 5.60. The first kappa shape index (κ1) is 12.2. The highest BCUT2D eigenvalue weighted by Gasteiger charge is 2.15. The highest BCUT2D eigenvalue weighted by atomic mass is 35.5. The quantitative estimate of drug-likeness (QED) is 0.860. The number of hydrogen-bond donors (Lipinski definition) is 1. The summed E-state index contributed by atoms with van der Waals surface area (Å²) in [5, 5.41) is 3.59. The van der Waals surface area contributed by atoms with Gasteiger partial charge in [0.2, 0.25) is 0 Å². The topological polar surface area (TPSA) is 37.8 Å². The van der Waals surface area contributed by atoms with Crippen molar-refractivity contribution in [1.82, 2.24) is 9.97 Å². The molecule has 0 amide bonds. The zero-order valence-electron chi connectivity index (χ0n) is 9.93. The van der Waals surface area contributed by atoms with Gasteiger partial charge in [-0.15, -0.1) is 0 Å². The fraction of sp³-hybridized carbons (Fsp3) is 0.636. The Morgan fingerprint density at radius 1 is 1.00 bits per heavy atom. The zero-order chi connectivity index (χ0) is 11.6. The van der Waals surface area contributed by atoms with Gasteiger partial charge in [0.15, 0.2) is 5.15 Å². The summed E-state index contributed by atoms with van der Waals surface area (Å²) in [5.41, 5.74) is 1.78. The van der Waals surface area contributed by atoms with Crippen molar-refractivity contribution >= 4 is 17.4 Å². The third-order valence-corrected chi connectivity index (χ3v) is 2.51. The second kappa shape index (κ2) is 4.79. The summed E-state index contributed by atoms with van der Waals surface area (Å²) >= 11 is 6.10. The summed E-state index contributed by atoms with van der Waals surface area (Å²) in [5.74, 6) is 1.44. The average molecular weight is 228 g/mol. The van der Waals surface area contributed by atoms with Crippen LogP contribution in [-0.2, 0) is 0 Å². The van der Waals surface area contributed by atoms with Gasteiger partial charge < -0.3 is 5.32 Å². The van der Waals surface area contributed by atoms with Crippen LogP contribution in [0.5, 0.6) is 0 Å². The average Bonchev–Trinajstić information content (AvgIpc) is 2.16. The number of hydrogen-bond acceptors (Lipinski definition) is 3. The van der Waals surface area contributed by atoms with Gasteiger partial charge >= 0.3 is 0 Å². The molecule has 0 unspecified atom stereocenters. The van der Waals surface area contributed by atoms with Crippen LogP contribution in [0.2, 0.25) is 5.15 Å². The number of nitrogens with one attached hydrogen (secondary N) is 1. The van der Waals surface area contributed by atoms with Crippen molar-refractivity contribution in [3.05, 3.63) is 16.5 Å². The van der Waals surface area contributed by atoms with E-state index in [9.17, 15) is 0 Å². The SMILES string of the molecule is CNc1nc(C(C)C)c(Cl)nc1C(C)C. The molecular weight excluding hydrogens is 210 g/mol. The summed E-state index contributed by atoms with van der Waals surface area (Å²) in [7, 11) is 1.86. The van der Waals surface area contributed by atoms with Crippen LogP contribution in [0.15, 0.2) is 0 Å². The summed E-state index contributed by atoms with van der Waals surface area (Å²) in [4.78, 5) is 8.91. The molecule has 0 aliphatic heterocycles. The monoisotopic (exact) mass is 227 g/mol. The minimum absolute atomic E-state index is 0.290. The Morgan fingerprint density at radius 2 is 1.53 bits per heavy atom. The maximum absolute atomic E-state index is 6.10. The lowest BCUT2D eigenvalue weighted by molar-refractivity contribution is 0.772. The fourth-order valence-corrected chi connectivity index (χ4v) is 1.75. The Hall–Kier alpha value is -0.830. The third kappa shape index (κ3) is 2.59. The van der Waals surface area contributed by atoms with Gasteiger partial charge in [-0.2, -0.15) is 0 Å². The Kier molecular flexibility index (Phi) is 3.91. The molecule has 1 rings (SSSR count). The summed E-state index contributed by atoms with van der Waals surface area (Å²) in [6, 6.07) is 0. The molecule has 0 bridgehead atoms. The van der Waals surface area contributed by atoms with Crippen molar-refractivity contribution < 1.29 is 0 Å². The van der Waals surface area contributed by atoms with Gasteiger partial charge in [0, 0.05) is 7.05 Å². The van der Waals surface area contributed by atoms with Crippen LogP contribution in [0.1, 0.15) is 50.9 Å². The van der Waals surface area contributed by atoms with E-state index in [1.54, 1.807) is 0 Å². The van der Waals surface area contributed by atoms with E-state index in [-0.39, 0.29) is 0 Å². The van der Waals surface area contributed by atoms with Crippen LogP contribution >= 0.6 is 11.6 Å². The van der Waals surface area contributed by atoms with Crippen LogP contribution in [-0.4, -0.2) is 17.0 Å². The normalized spacial score (nSPS) is 11.2. The summed E-state index contributed by atoms with van der Waals surface area (Å²) in [6.45, 7) is 8.28. The summed E-state index contributed by atoms with van der Waals surface area (Å²) < 4.78 is 0. The molecule has 84 valence electrons. The minimum atomic E-state index is 0.290. The van der Waals surface area contributed by atoms with E-state index in [0.717, 1.165) is 17.2 Å². The first-order chi connectivity index (χ1) is 6.97. The maximum Gasteiger partial charge on any atom is 0.151 e. The molecule has 1 heterocycles. The number of anilines is 1. The van der Waals surface area contributed by atoms with E-state index in [4.69, 9.17) is 11.6 Å². The lowest BCUT2D eigenvalue weighted by atomic mass is 10.1. The van der Waals surface area contributed by atoms with E-state index >= 15 is 0 Å². The fourth-order valence-electron chi connectivity index (χ4n) is 1.39. The first-order valence-electron chi connectivity index (χ1n) is 5.22. The van der Waals surface area contributed by atoms with E-state index in [1.807, 2.05) is 7.05 Å². The van der Waals surface area contributed by atoms with Crippen LogP contribution in [0.3, 0.4) is 0 Å². The predicted molar refractivity (Wildman–Crippen MR) is 64.8 cm³/mol. The van der Waals surface area contributed by atoms with E-state index in [1.165, 1.54) is 0 Å². The molecule has 0 aromatic carbocycles. The molecule has 0 radical (unpaired) electrons. The smallest absolute Gasteiger partial charge is 0.151 e. The number of nitrogens with zero attached hydrogens (tertiary/aromatic N) is 2. The van der Waals surface area contributed by atoms with Gasteiger partial charge in [-0.1, -0.05) is 39.3 Å². The van der Waals surface area contributed by atoms with E-state index in [2.05, 4.69) is 43.0 Å². The molecule has 0 saturated carbocycles. The van der Waals surface area contributed by atoms with Gasteiger partial charge in [-0.3, -0.25) is 0 Å². The number of halogens is 1. The molecule has 1 aromatic heterocycles. The molecule has 3 nitrogen and oxygen atoms in total.